The molecule has 104 valence electrons. The number of phenolic OH excluding ortho intramolecular Hbond substituents is 1. The number of fused-ring (bicyclic) bond motifs is 1. The molecule has 0 aliphatic carbocycles. The highest BCUT2D eigenvalue weighted by molar-refractivity contribution is 9.10. The SMILES string of the molecule is Oc1cccc(CNCc2cc(Br)c3c(c2)OCO3)c1. The van der Waals surface area contributed by atoms with Gasteiger partial charge in [0.05, 0.1) is 4.47 Å². The first kappa shape index (κ1) is 13.3. The van der Waals surface area contributed by atoms with Crippen LogP contribution in [0.25, 0.3) is 0 Å². The maximum absolute atomic E-state index is 9.41. The molecule has 0 radical (unpaired) electrons. The predicted molar refractivity (Wildman–Crippen MR) is 78.9 cm³/mol. The first-order valence-corrected chi connectivity index (χ1v) is 7.08. The molecule has 0 unspecified atom stereocenters. The quantitative estimate of drug-likeness (QED) is 0.901. The second-order valence-corrected chi connectivity index (χ2v) is 5.44. The van der Waals surface area contributed by atoms with Crippen LogP contribution in [0.4, 0.5) is 0 Å². The van der Waals surface area contributed by atoms with Crippen molar-refractivity contribution in [3.63, 3.8) is 0 Å². The topological polar surface area (TPSA) is 50.7 Å². The van der Waals surface area contributed by atoms with Crippen LogP contribution in [0, 0.1) is 0 Å². The average molecular weight is 336 g/mol. The number of phenols is 1. The maximum Gasteiger partial charge on any atom is 0.231 e. The summed E-state index contributed by atoms with van der Waals surface area (Å²) in [6.07, 6.45) is 0. The summed E-state index contributed by atoms with van der Waals surface area (Å²) in [7, 11) is 0. The molecule has 0 saturated carbocycles. The molecular formula is C15H14BrNO3. The highest BCUT2D eigenvalue weighted by Crippen LogP contribution is 2.39. The normalized spacial score (nSPS) is 12.7. The van der Waals surface area contributed by atoms with Gasteiger partial charge < -0.3 is 19.9 Å². The Morgan fingerprint density at radius 2 is 1.95 bits per heavy atom. The smallest absolute Gasteiger partial charge is 0.231 e. The van der Waals surface area contributed by atoms with Crippen molar-refractivity contribution in [1.29, 1.82) is 0 Å². The van der Waals surface area contributed by atoms with Crippen LogP contribution in [-0.2, 0) is 13.1 Å². The molecule has 0 atom stereocenters. The number of benzene rings is 2. The Morgan fingerprint density at radius 1 is 1.10 bits per heavy atom. The van der Waals surface area contributed by atoms with Crippen LogP contribution in [0.3, 0.4) is 0 Å². The van der Waals surface area contributed by atoms with Gasteiger partial charge in [0.15, 0.2) is 11.5 Å². The molecule has 0 aromatic heterocycles. The van der Waals surface area contributed by atoms with E-state index in [1.54, 1.807) is 12.1 Å². The average Bonchev–Trinajstić information content (AvgIpc) is 2.88. The van der Waals surface area contributed by atoms with Crippen LogP contribution in [0.5, 0.6) is 17.2 Å². The lowest BCUT2D eigenvalue weighted by atomic mass is 10.2. The van der Waals surface area contributed by atoms with Crippen molar-refractivity contribution in [2.24, 2.45) is 0 Å². The number of aromatic hydroxyl groups is 1. The zero-order valence-corrected chi connectivity index (χ0v) is 12.3. The molecule has 3 rings (SSSR count). The molecule has 0 fully saturated rings. The van der Waals surface area contributed by atoms with Gasteiger partial charge >= 0.3 is 0 Å². The Labute approximate surface area is 125 Å². The summed E-state index contributed by atoms with van der Waals surface area (Å²) in [5, 5.41) is 12.7. The Balaban J connectivity index is 1.63. The van der Waals surface area contributed by atoms with Gasteiger partial charge in [-0.15, -0.1) is 0 Å². The predicted octanol–water partition coefficient (Wildman–Crippen LogP) is 3.17. The highest BCUT2D eigenvalue weighted by atomic mass is 79.9. The van der Waals surface area contributed by atoms with E-state index in [9.17, 15) is 5.11 Å². The van der Waals surface area contributed by atoms with Gasteiger partial charge in [-0.25, -0.2) is 0 Å². The van der Waals surface area contributed by atoms with Crippen molar-refractivity contribution in [3.05, 3.63) is 52.0 Å². The Kier molecular flexibility index (Phi) is 3.80. The summed E-state index contributed by atoms with van der Waals surface area (Å²) in [4.78, 5) is 0. The highest BCUT2D eigenvalue weighted by Gasteiger charge is 2.17. The van der Waals surface area contributed by atoms with Crippen molar-refractivity contribution in [2.45, 2.75) is 13.1 Å². The lowest BCUT2D eigenvalue weighted by Gasteiger charge is -2.07. The number of nitrogens with one attached hydrogen (secondary N) is 1. The fraction of sp³-hybridized carbons (Fsp3) is 0.200. The van der Waals surface area contributed by atoms with Gasteiger partial charge in [0.25, 0.3) is 0 Å². The van der Waals surface area contributed by atoms with E-state index in [1.165, 1.54) is 0 Å². The van der Waals surface area contributed by atoms with Crippen LogP contribution in [0.15, 0.2) is 40.9 Å². The third-order valence-electron chi connectivity index (χ3n) is 3.06. The van der Waals surface area contributed by atoms with Crippen LogP contribution in [0.1, 0.15) is 11.1 Å². The number of hydrogen-bond donors (Lipinski definition) is 2. The zero-order chi connectivity index (χ0) is 13.9. The number of halogens is 1. The van der Waals surface area contributed by atoms with Gasteiger partial charge in [0.2, 0.25) is 6.79 Å². The van der Waals surface area contributed by atoms with Gasteiger partial charge in [-0.3, -0.25) is 0 Å². The molecule has 1 aliphatic heterocycles. The molecule has 1 aliphatic rings. The van der Waals surface area contributed by atoms with E-state index in [4.69, 9.17) is 9.47 Å². The number of rotatable bonds is 4. The standard InChI is InChI=1S/C15H14BrNO3/c16-13-5-11(6-14-15(13)20-9-19-14)8-17-7-10-2-1-3-12(18)4-10/h1-6,17-18H,7-9H2. The lowest BCUT2D eigenvalue weighted by Crippen LogP contribution is -2.12. The molecule has 2 N–H and O–H groups in total. The minimum atomic E-state index is 0.272. The monoisotopic (exact) mass is 335 g/mol. The minimum Gasteiger partial charge on any atom is -0.508 e. The second-order valence-electron chi connectivity index (χ2n) is 4.58. The van der Waals surface area contributed by atoms with Gasteiger partial charge in [-0.1, -0.05) is 12.1 Å². The van der Waals surface area contributed by atoms with Gasteiger partial charge in [-0.2, -0.15) is 0 Å². The van der Waals surface area contributed by atoms with Crippen molar-refractivity contribution < 1.29 is 14.6 Å². The van der Waals surface area contributed by atoms with Crippen molar-refractivity contribution in [3.8, 4) is 17.2 Å². The molecule has 5 heteroatoms. The van der Waals surface area contributed by atoms with E-state index in [-0.39, 0.29) is 12.5 Å². The summed E-state index contributed by atoms with van der Waals surface area (Å²) >= 11 is 3.48. The van der Waals surface area contributed by atoms with E-state index in [2.05, 4.69) is 21.2 Å². The molecule has 0 spiro atoms. The molecule has 4 nitrogen and oxygen atoms in total. The van der Waals surface area contributed by atoms with Crippen LogP contribution in [0.2, 0.25) is 0 Å². The van der Waals surface area contributed by atoms with Crippen LogP contribution in [-0.4, -0.2) is 11.9 Å². The largest absolute Gasteiger partial charge is 0.508 e. The van der Waals surface area contributed by atoms with Crippen molar-refractivity contribution in [2.75, 3.05) is 6.79 Å². The summed E-state index contributed by atoms with van der Waals surface area (Å²) in [6, 6.07) is 11.2. The molecule has 0 amide bonds. The van der Waals surface area contributed by atoms with Crippen LogP contribution >= 0.6 is 15.9 Å². The van der Waals surface area contributed by atoms with Gasteiger partial charge in [0, 0.05) is 13.1 Å². The summed E-state index contributed by atoms with van der Waals surface area (Å²) < 4.78 is 11.6. The third-order valence-corrected chi connectivity index (χ3v) is 3.64. The zero-order valence-electron chi connectivity index (χ0n) is 10.7. The second kappa shape index (κ2) is 5.73. The third kappa shape index (κ3) is 2.89. The molecule has 2 aromatic carbocycles. The Bertz CT molecular complexity index is 631. The van der Waals surface area contributed by atoms with E-state index in [1.807, 2.05) is 24.3 Å². The molecule has 2 aromatic rings. The minimum absolute atomic E-state index is 0.272. The van der Waals surface area contributed by atoms with E-state index < -0.39 is 0 Å². The molecular weight excluding hydrogens is 322 g/mol. The Hall–Kier alpha value is -1.72. The first-order chi connectivity index (χ1) is 9.72. The molecule has 1 heterocycles. The molecule has 20 heavy (non-hydrogen) atoms. The lowest BCUT2D eigenvalue weighted by molar-refractivity contribution is 0.173. The van der Waals surface area contributed by atoms with E-state index in [0.29, 0.717) is 13.1 Å². The maximum atomic E-state index is 9.41. The Morgan fingerprint density at radius 3 is 2.80 bits per heavy atom. The van der Waals surface area contributed by atoms with Crippen molar-refractivity contribution in [1.82, 2.24) is 5.32 Å². The fourth-order valence-corrected chi connectivity index (χ4v) is 2.74. The van der Waals surface area contributed by atoms with Crippen LogP contribution < -0.4 is 14.8 Å². The van der Waals surface area contributed by atoms with E-state index >= 15 is 0 Å². The fourth-order valence-electron chi connectivity index (χ4n) is 2.14. The number of ether oxygens (including phenoxy) is 2. The van der Waals surface area contributed by atoms with E-state index in [0.717, 1.165) is 27.1 Å². The van der Waals surface area contributed by atoms with Gasteiger partial charge in [-0.05, 0) is 51.3 Å². The van der Waals surface area contributed by atoms with Gasteiger partial charge in [0.1, 0.15) is 5.75 Å². The molecule has 0 bridgehead atoms. The summed E-state index contributed by atoms with van der Waals surface area (Å²) in [5.41, 5.74) is 2.16. The number of hydrogen-bond acceptors (Lipinski definition) is 4. The van der Waals surface area contributed by atoms with Crippen molar-refractivity contribution >= 4 is 15.9 Å². The molecule has 0 saturated heterocycles. The first-order valence-electron chi connectivity index (χ1n) is 6.29. The summed E-state index contributed by atoms with van der Waals surface area (Å²) in [5.74, 6) is 1.82. The summed E-state index contributed by atoms with van der Waals surface area (Å²) in [6.45, 7) is 1.68.